The van der Waals surface area contributed by atoms with Crippen molar-refractivity contribution in [2.75, 3.05) is 57.6 Å². The lowest BCUT2D eigenvalue weighted by molar-refractivity contribution is 0.182. The van der Waals surface area contributed by atoms with Crippen LogP contribution in [0.3, 0.4) is 0 Å². The molecular formula is C35H41N7O4S. The molecule has 47 heavy (non-hydrogen) atoms. The second-order valence-corrected chi connectivity index (χ2v) is 13.7. The van der Waals surface area contributed by atoms with Crippen molar-refractivity contribution in [2.45, 2.75) is 17.7 Å². The second-order valence-electron chi connectivity index (χ2n) is 11.8. The highest BCUT2D eigenvalue weighted by Gasteiger charge is 2.28. The number of imidazole rings is 1. The predicted molar refractivity (Wildman–Crippen MR) is 189 cm³/mol. The minimum absolute atomic E-state index is 0.0926. The molecule has 1 amide bonds. The summed E-state index contributed by atoms with van der Waals surface area (Å²) in [6, 6.07) is 24.4. The maximum absolute atomic E-state index is 14.5. The van der Waals surface area contributed by atoms with Crippen LogP contribution in [0.4, 0.5) is 16.2 Å². The Hall–Kier alpha value is -4.94. The Labute approximate surface area is 275 Å². The number of sulfonamides is 1. The molecule has 5 aromatic rings. The number of hydrogen-bond donors (Lipinski definition) is 1. The Kier molecular flexibility index (Phi) is 9.83. The molecule has 4 aromatic carbocycles. The molecule has 0 bridgehead atoms. The molecule has 0 radical (unpaired) electrons. The van der Waals surface area contributed by atoms with Crippen LogP contribution < -0.4 is 14.9 Å². The number of amides is 1. The van der Waals surface area contributed by atoms with Gasteiger partial charge in [0, 0.05) is 62.7 Å². The number of nitrogens with two attached hydrogens (primary N) is 1. The Bertz CT molecular complexity index is 2050. The van der Waals surface area contributed by atoms with Crippen LogP contribution in [0.5, 0.6) is 0 Å². The minimum atomic E-state index is -3.94. The number of benzene rings is 4. The third kappa shape index (κ3) is 7.08. The summed E-state index contributed by atoms with van der Waals surface area (Å²) in [5, 5.41) is 1.56. The van der Waals surface area contributed by atoms with Crippen LogP contribution in [0.25, 0.3) is 21.8 Å². The van der Waals surface area contributed by atoms with Crippen molar-refractivity contribution in [3.8, 4) is 0 Å². The smallest absolute Gasteiger partial charge is 0.435 e. The van der Waals surface area contributed by atoms with Gasteiger partial charge in [0.25, 0.3) is 10.0 Å². The molecule has 0 fully saturated rings. The average molecular weight is 656 g/mol. The van der Waals surface area contributed by atoms with Gasteiger partial charge >= 0.3 is 6.09 Å². The highest BCUT2D eigenvalue weighted by atomic mass is 32.2. The van der Waals surface area contributed by atoms with Gasteiger partial charge in [-0.1, -0.05) is 48.5 Å². The van der Waals surface area contributed by atoms with Crippen molar-refractivity contribution in [3.63, 3.8) is 0 Å². The number of fused-ring (bicyclic) bond motifs is 2. The fourth-order valence-electron chi connectivity index (χ4n) is 5.60. The molecule has 0 aliphatic heterocycles. The number of aryl methyl sites for hydroxylation is 3. The van der Waals surface area contributed by atoms with Gasteiger partial charge in [-0.15, -0.1) is 0 Å². The van der Waals surface area contributed by atoms with Gasteiger partial charge in [0.05, 0.1) is 28.7 Å². The summed E-state index contributed by atoms with van der Waals surface area (Å²) in [4.78, 5) is 24.3. The standard InChI is InChI=1S/C35H41N7O4S/c1-39(2)21-22-42(47(44,45)32-12-8-9-27-28(32)10-7-11-30(27)40(3)4)26-18-19-31-29(23-26)37-33(41(31)5)20-15-24-13-16-25(17-14-24)34(36)38-35(43)46-6/h7-14,16-19,23H,15,20-22H2,1-6H3,(H2,36,38,43). The van der Waals surface area contributed by atoms with Crippen molar-refractivity contribution in [1.29, 1.82) is 0 Å². The lowest BCUT2D eigenvalue weighted by Gasteiger charge is -2.27. The number of nitrogens with zero attached hydrogens (tertiary/aromatic N) is 6. The zero-order chi connectivity index (χ0) is 33.9. The number of aliphatic imine (C=N–C) groups is 1. The molecule has 0 unspecified atom stereocenters. The number of methoxy groups -OCH3 is 1. The van der Waals surface area contributed by atoms with Crippen LogP contribution in [0.2, 0.25) is 0 Å². The van der Waals surface area contributed by atoms with E-state index in [0.717, 1.165) is 39.9 Å². The Morgan fingerprint density at radius 1 is 0.915 bits per heavy atom. The summed E-state index contributed by atoms with van der Waals surface area (Å²) >= 11 is 0. The summed E-state index contributed by atoms with van der Waals surface area (Å²) in [6.07, 6.45) is 0.637. The average Bonchev–Trinajstić information content (AvgIpc) is 3.37. The van der Waals surface area contributed by atoms with Crippen LogP contribution in [0, 0.1) is 0 Å². The Morgan fingerprint density at radius 2 is 1.62 bits per heavy atom. The maximum atomic E-state index is 14.5. The monoisotopic (exact) mass is 655 g/mol. The quantitative estimate of drug-likeness (QED) is 0.159. The van der Waals surface area contributed by atoms with E-state index in [1.54, 1.807) is 12.1 Å². The summed E-state index contributed by atoms with van der Waals surface area (Å²) in [5.41, 5.74) is 10.8. The number of anilines is 2. The van der Waals surface area contributed by atoms with Crippen LogP contribution in [-0.2, 0) is 34.6 Å². The molecule has 12 heteroatoms. The highest BCUT2D eigenvalue weighted by molar-refractivity contribution is 7.93. The number of hydrogen-bond acceptors (Lipinski definition) is 7. The van der Waals surface area contributed by atoms with Crippen LogP contribution >= 0.6 is 0 Å². The zero-order valence-electron chi connectivity index (χ0n) is 27.6. The predicted octanol–water partition coefficient (Wildman–Crippen LogP) is 4.81. The summed E-state index contributed by atoms with van der Waals surface area (Å²) in [7, 11) is 7.04. The van der Waals surface area contributed by atoms with Crippen molar-refractivity contribution in [1.82, 2.24) is 14.5 Å². The molecule has 0 aliphatic carbocycles. The van der Waals surface area contributed by atoms with Gasteiger partial charge in [0.2, 0.25) is 0 Å². The van der Waals surface area contributed by atoms with E-state index in [1.807, 2.05) is 116 Å². The lowest BCUT2D eigenvalue weighted by atomic mass is 10.1. The van der Waals surface area contributed by atoms with Gasteiger partial charge in [-0.05, 0) is 56.4 Å². The van der Waals surface area contributed by atoms with Crippen molar-refractivity contribution >= 4 is 55.1 Å². The normalized spacial score (nSPS) is 12.2. The van der Waals surface area contributed by atoms with Crippen molar-refractivity contribution in [2.24, 2.45) is 17.8 Å². The van der Waals surface area contributed by atoms with E-state index in [1.165, 1.54) is 11.4 Å². The second kappa shape index (κ2) is 13.8. The first kappa shape index (κ1) is 33.4. The third-order valence-corrected chi connectivity index (χ3v) is 10.1. The van der Waals surface area contributed by atoms with Crippen LogP contribution in [0.1, 0.15) is 17.0 Å². The third-order valence-electron chi connectivity index (χ3n) is 8.18. The fourth-order valence-corrected chi connectivity index (χ4v) is 7.26. The first-order chi connectivity index (χ1) is 22.4. The first-order valence-electron chi connectivity index (χ1n) is 15.2. The maximum Gasteiger partial charge on any atom is 0.435 e. The molecule has 246 valence electrons. The molecule has 0 saturated carbocycles. The zero-order valence-corrected chi connectivity index (χ0v) is 28.5. The summed E-state index contributed by atoms with van der Waals surface area (Å²) in [6.45, 7) is 0.812. The van der Waals surface area contributed by atoms with Gasteiger partial charge in [0.1, 0.15) is 11.7 Å². The molecule has 0 saturated heterocycles. The number of likely N-dealkylation sites (N-methyl/N-ethyl adjacent to an activating group) is 1. The van der Waals surface area contributed by atoms with Gasteiger partial charge in [-0.3, -0.25) is 4.31 Å². The largest absolute Gasteiger partial charge is 0.451 e. The first-order valence-corrected chi connectivity index (χ1v) is 16.7. The van der Waals surface area contributed by atoms with E-state index < -0.39 is 16.1 Å². The van der Waals surface area contributed by atoms with Gasteiger partial charge in [-0.2, -0.15) is 4.99 Å². The van der Waals surface area contributed by atoms with E-state index in [4.69, 9.17) is 10.7 Å². The number of rotatable bonds is 11. The van der Waals surface area contributed by atoms with E-state index >= 15 is 0 Å². The molecule has 0 aliphatic rings. The molecule has 11 nitrogen and oxygen atoms in total. The molecule has 1 heterocycles. The molecule has 2 N–H and O–H groups in total. The van der Waals surface area contributed by atoms with Crippen molar-refractivity contribution in [3.05, 3.63) is 95.8 Å². The van der Waals surface area contributed by atoms with Gasteiger partial charge in [0.15, 0.2) is 0 Å². The SMILES string of the molecule is COC(=O)/N=C(\N)c1ccc(CCc2nc3cc(N(CCN(C)C)S(=O)(=O)c4cccc5c(N(C)C)cccc45)ccc3n2C)cc1. The molecule has 0 atom stereocenters. The van der Waals surface area contributed by atoms with Gasteiger partial charge in [-0.25, -0.2) is 18.2 Å². The van der Waals surface area contributed by atoms with Crippen LogP contribution in [-0.4, -0.2) is 83.2 Å². The summed E-state index contributed by atoms with van der Waals surface area (Å²) < 4.78 is 37.0. The Morgan fingerprint density at radius 3 is 2.30 bits per heavy atom. The topological polar surface area (TPSA) is 126 Å². The van der Waals surface area contributed by atoms with Crippen molar-refractivity contribution < 1.29 is 17.9 Å². The minimum Gasteiger partial charge on any atom is -0.451 e. The highest BCUT2D eigenvalue weighted by Crippen LogP contribution is 2.34. The Balaban J connectivity index is 1.45. The number of carbonyl (C=O) groups is 1. The van der Waals surface area contributed by atoms with E-state index in [0.29, 0.717) is 29.6 Å². The molecule has 1 aromatic heterocycles. The molecular weight excluding hydrogens is 614 g/mol. The van der Waals surface area contributed by atoms with Gasteiger partial charge < -0.3 is 24.8 Å². The summed E-state index contributed by atoms with van der Waals surface area (Å²) in [5.74, 6) is 0.968. The fraction of sp³-hybridized carbons (Fsp3) is 0.286. The van der Waals surface area contributed by atoms with E-state index in [9.17, 15) is 13.2 Å². The number of carbonyl (C=O) groups excluding carboxylic acids is 1. The van der Waals surface area contributed by atoms with E-state index in [-0.39, 0.29) is 17.3 Å². The molecule has 0 spiro atoms. The number of ether oxygens (including phenoxy) is 1. The lowest BCUT2D eigenvalue weighted by Crippen LogP contribution is -2.36. The van der Waals surface area contributed by atoms with E-state index in [2.05, 4.69) is 9.73 Å². The number of aromatic nitrogens is 2. The van der Waals surface area contributed by atoms with Crippen LogP contribution in [0.15, 0.2) is 88.8 Å². The molecule has 5 rings (SSSR count). The number of amidine groups is 1.